The number of amides is 1. The SMILES string of the molecule is CC(NC(=O)CCOc1ccccc1)c1ccccn1. The number of rotatable bonds is 6. The first kappa shape index (κ1) is 14.1. The minimum Gasteiger partial charge on any atom is -0.493 e. The van der Waals surface area contributed by atoms with Crippen molar-refractivity contribution < 1.29 is 9.53 Å². The number of benzene rings is 1. The fourth-order valence-corrected chi connectivity index (χ4v) is 1.80. The third kappa shape index (κ3) is 4.39. The molecule has 0 bridgehead atoms. The van der Waals surface area contributed by atoms with Gasteiger partial charge >= 0.3 is 0 Å². The van der Waals surface area contributed by atoms with Crippen LogP contribution in [0.5, 0.6) is 5.75 Å². The molecule has 0 aliphatic rings. The quantitative estimate of drug-likeness (QED) is 0.878. The van der Waals surface area contributed by atoms with Crippen molar-refractivity contribution in [3.8, 4) is 5.75 Å². The Morgan fingerprint density at radius 3 is 2.65 bits per heavy atom. The van der Waals surface area contributed by atoms with Gasteiger partial charge in [0.05, 0.1) is 24.8 Å². The Kier molecular flexibility index (Phi) is 5.12. The lowest BCUT2D eigenvalue weighted by Crippen LogP contribution is -2.28. The molecule has 1 N–H and O–H groups in total. The van der Waals surface area contributed by atoms with Crippen molar-refractivity contribution in [1.29, 1.82) is 0 Å². The number of nitrogens with one attached hydrogen (secondary N) is 1. The summed E-state index contributed by atoms with van der Waals surface area (Å²) >= 11 is 0. The van der Waals surface area contributed by atoms with Gasteiger partial charge in [-0.25, -0.2) is 0 Å². The summed E-state index contributed by atoms with van der Waals surface area (Å²) < 4.78 is 5.49. The second-order valence-electron chi connectivity index (χ2n) is 4.46. The highest BCUT2D eigenvalue weighted by Gasteiger charge is 2.10. The molecule has 4 nitrogen and oxygen atoms in total. The summed E-state index contributed by atoms with van der Waals surface area (Å²) in [7, 11) is 0. The molecule has 2 rings (SSSR count). The average Bonchev–Trinajstić information content (AvgIpc) is 2.49. The van der Waals surface area contributed by atoms with Crippen LogP contribution in [-0.4, -0.2) is 17.5 Å². The van der Waals surface area contributed by atoms with Crippen LogP contribution in [-0.2, 0) is 4.79 Å². The monoisotopic (exact) mass is 270 g/mol. The van der Waals surface area contributed by atoms with E-state index in [0.717, 1.165) is 11.4 Å². The second-order valence-corrected chi connectivity index (χ2v) is 4.46. The Morgan fingerprint density at radius 1 is 1.20 bits per heavy atom. The van der Waals surface area contributed by atoms with E-state index >= 15 is 0 Å². The van der Waals surface area contributed by atoms with Gasteiger partial charge in [0.15, 0.2) is 0 Å². The minimum atomic E-state index is -0.0968. The maximum absolute atomic E-state index is 11.8. The van der Waals surface area contributed by atoms with Gasteiger partial charge in [0, 0.05) is 6.20 Å². The van der Waals surface area contributed by atoms with Gasteiger partial charge < -0.3 is 10.1 Å². The lowest BCUT2D eigenvalue weighted by molar-refractivity contribution is -0.122. The van der Waals surface area contributed by atoms with Gasteiger partial charge in [-0.2, -0.15) is 0 Å². The molecule has 0 aliphatic carbocycles. The van der Waals surface area contributed by atoms with Crippen molar-refractivity contribution >= 4 is 5.91 Å². The summed E-state index contributed by atoms with van der Waals surface area (Å²) in [5, 5.41) is 2.90. The van der Waals surface area contributed by atoms with E-state index in [1.807, 2.05) is 55.5 Å². The van der Waals surface area contributed by atoms with Crippen molar-refractivity contribution in [2.75, 3.05) is 6.61 Å². The highest BCUT2D eigenvalue weighted by Crippen LogP contribution is 2.10. The van der Waals surface area contributed by atoms with Gasteiger partial charge in [0.1, 0.15) is 5.75 Å². The van der Waals surface area contributed by atoms with Gasteiger partial charge in [-0.3, -0.25) is 9.78 Å². The van der Waals surface area contributed by atoms with E-state index in [1.165, 1.54) is 0 Å². The van der Waals surface area contributed by atoms with Crippen LogP contribution in [0.4, 0.5) is 0 Å². The highest BCUT2D eigenvalue weighted by atomic mass is 16.5. The summed E-state index contributed by atoms with van der Waals surface area (Å²) in [5.74, 6) is 0.733. The number of hydrogen-bond donors (Lipinski definition) is 1. The minimum absolute atomic E-state index is 0.0425. The Hall–Kier alpha value is -2.36. The standard InChI is InChI=1S/C16H18N2O2/c1-13(15-9-5-6-11-17-15)18-16(19)10-12-20-14-7-3-2-4-8-14/h2-9,11,13H,10,12H2,1H3,(H,18,19). The van der Waals surface area contributed by atoms with E-state index in [9.17, 15) is 4.79 Å². The molecular formula is C16H18N2O2. The molecule has 0 spiro atoms. The molecule has 1 aromatic heterocycles. The lowest BCUT2D eigenvalue weighted by atomic mass is 10.2. The molecule has 1 heterocycles. The molecule has 2 aromatic rings. The molecule has 1 unspecified atom stereocenters. The average molecular weight is 270 g/mol. The predicted octanol–water partition coefficient (Wildman–Crippen LogP) is 2.73. The highest BCUT2D eigenvalue weighted by molar-refractivity contribution is 5.76. The maximum Gasteiger partial charge on any atom is 0.223 e. The molecule has 0 saturated heterocycles. The molecule has 1 atom stereocenters. The first-order chi connectivity index (χ1) is 9.75. The van der Waals surface area contributed by atoms with Gasteiger partial charge in [-0.15, -0.1) is 0 Å². The van der Waals surface area contributed by atoms with Crippen LogP contribution in [0, 0.1) is 0 Å². The van der Waals surface area contributed by atoms with E-state index < -0.39 is 0 Å². The zero-order valence-corrected chi connectivity index (χ0v) is 11.5. The molecule has 0 saturated carbocycles. The van der Waals surface area contributed by atoms with Crippen molar-refractivity contribution in [3.05, 3.63) is 60.4 Å². The largest absolute Gasteiger partial charge is 0.493 e. The molecule has 0 aliphatic heterocycles. The molecule has 1 amide bonds. The Labute approximate surface area is 118 Å². The number of para-hydroxylation sites is 1. The Morgan fingerprint density at radius 2 is 1.95 bits per heavy atom. The summed E-state index contributed by atoms with van der Waals surface area (Å²) in [4.78, 5) is 16.0. The van der Waals surface area contributed by atoms with Crippen LogP contribution < -0.4 is 10.1 Å². The van der Waals surface area contributed by atoms with Crippen molar-refractivity contribution in [3.63, 3.8) is 0 Å². The van der Waals surface area contributed by atoms with Crippen LogP contribution in [0.3, 0.4) is 0 Å². The van der Waals surface area contributed by atoms with Gasteiger partial charge in [-0.1, -0.05) is 24.3 Å². The molecule has 0 fully saturated rings. The van der Waals surface area contributed by atoms with E-state index in [-0.39, 0.29) is 11.9 Å². The second kappa shape index (κ2) is 7.28. The number of hydrogen-bond acceptors (Lipinski definition) is 3. The fourth-order valence-electron chi connectivity index (χ4n) is 1.80. The van der Waals surface area contributed by atoms with Gasteiger partial charge in [0.25, 0.3) is 0 Å². The molecule has 4 heteroatoms. The number of pyridine rings is 1. The Bertz CT molecular complexity index is 529. The van der Waals surface area contributed by atoms with Crippen molar-refractivity contribution in [2.24, 2.45) is 0 Å². The molecule has 1 aromatic carbocycles. The van der Waals surface area contributed by atoms with Crippen LogP contribution >= 0.6 is 0 Å². The van der Waals surface area contributed by atoms with E-state index in [0.29, 0.717) is 13.0 Å². The first-order valence-corrected chi connectivity index (χ1v) is 6.64. The van der Waals surface area contributed by atoms with Crippen molar-refractivity contribution in [2.45, 2.75) is 19.4 Å². The van der Waals surface area contributed by atoms with E-state index in [1.54, 1.807) is 6.20 Å². The van der Waals surface area contributed by atoms with E-state index in [2.05, 4.69) is 10.3 Å². The van der Waals surface area contributed by atoms with Crippen LogP contribution in [0.1, 0.15) is 25.1 Å². The summed E-state index contributed by atoms with van der Waals surface area (Å²) in [6.07, 6.45) is 2.04. The molecule has 20 heavy (non-hydrogen) atoms. The zero-order chi connectivity index (χ0) is 14.2. The summed E-state index contributed by atoms with van der Waals surface area (Å²) in [6, 6.07) is 15.0. The lowest BCUT2D eigenvalue weighted by Gasteiger charge is -2.13. The molecule has 104 valence electrons. The van der Waals surface area contributed by atoms with Crippen LogP contribution in [0.25, 0.3) is 0 Å². The third-order valence-electron chi connectivity index (χ3n) is 2.85. The molecule has 0 radical (unpaired) electrons. The van der Waals surface area contributed by atoms with Crippen molar-refractivity contribution in [1.82, 2.24) is 10.3 Å². The van der Waals surface area contributed by atoms with Gasteiger partial charge in [-0.05, 0) is 31.2 Å². The first-order valence-electron chi connectivity index (χ1n) is 6.64. The topological polar surface area (TPSA) is 51.2 Å². The number of aromatic nitrogens is 1. The van der Waals surface area contributed by atoms with Crippen LogP contribution in [0.2, 0.25) is 0 Å². The summed E-state index contributed by atoms with van der Waals surface area (Å²) in [5.41, 5.74) is 0.852. The number of carbonyl (C=O) groups excluding carboxylic acids is 1. The fraction of sp³-hybridized carbons (Fsp3) is 0.250. The predicted molar refractivity (Wildman–Crippen MR) is 77.3 cm³/mol. The third-order valence-corrected chi connectivity index (χ3v) is 2.85. The normalized spacial score (nSPS) is 11.7. The number of ether oxygens (including phenoxy) is 1. The number of carbonyl (C=O) groups is 1. The van der Waals surface area contributed by atoms with E-state index in [4.69, 9.17) is 4.74 Å². The smallest absolute Gasteiger partial charge is 0.223 e. The molecular weight excluding hydrogens is 252 g/mol. The zero-order valence-electron chi connectivity index (χ0n) is 11.5. The Balaban J connectivity index is 1.73. The van der Waals surface area contributed by atoms with Crippen LogP contribution in [0.15, 0.2) is 54.7 Å². The van der Waals surface area contributed by atoms with Gasteiger partial charge in [0.2, 0.25) is 5.91 Å². The number of nitrogens with zero attached hydrogens (tertiary/aromatic N) is 1. The summed E-state index contributed by atoms with van der Waals surface area (Å²) in [6.45, 7) is 2.28. The maximum atomic E-state index is 11.8.